The van der Waals surface area contributed by atoms with E-state index in [1.54, 1.807) is 30.3 Å². The number of anilines is 1. The summed E-state index contributed by atoms with van der Waals surface area (Å²) >= 11 is 0. The van der Waals surface area contributed by atoms with Crippen molar-refractivity contribution in [2.75, 3.05) is 17.1 Å². The fourth-order valence-electron chi connectivity index (χ4n) is 2.35. The molecule has 24 heavy (non-hydrogen) atoms. The Morgan fingerprint density at radius 2 is 1.67 bits per heavy atom. The number of sulfonamides is 1. The van der Waals surface area contributed by atoms with E-state index in [-0.39, 0.29) is 18.5 Å². The lowest BCUT2D eigenvalue weighted by Gasteiger charge is -2.23. The third kappa shape index (κ3) is 4.83. The van der Waals surface area contributed by atoms with Gasteiger partial charge >= 0.3 is 0 Å². The topological polar surface area (TPSA) is 66.5 Å². The van der Waals surface area contributed by atoms with Crippen molar-refractivity contribution < 1.29 is 13.2 Å². The van der Waals surface area contributed by atoms with Crippen molar-refractivity contribution in [3.05, 3.63) is 65.7 Å². The van der Waals surface area contributed by atoms with Gasteiger partial charge in [-0.3, -0.25) is 9.10 Å². The Bertz CT molecular complexity index is 787. The predicted molar refractivity (Wildman–Crippen MR) is 96.4 cm³/mol. The summed E-state index contributed by atoms with van der Waals surface area (Å²) in [6.07, 6.45) is 1.09. The molecule has 0 aliphatic carbocycles. The van der Waals surface area contributed by atoms with E-state index in [1.807, 2.05) is 38.1 Å². The van der Waals surface area contributed by atoms with Crippen LogP contribution >= 0.6 is 0 Å². The molecule has 2 aromatic carbocycles. The second-order valence-corrected chi connectivity index (χ2v) is 7.71. The van der Waals surface area contributed by atoms with Crippen LogP contribution in [0.5, 0.6) is 0 Å². The normalized spacial score (nSPS) is 12.5. The van der Waals surface area contributed by atoms with Crippen molar-refractivity contribution in [3.8, 4) is 0 Å². The molecule has 0 aromatic heterocycles. The first-order valence-electron chi connectivity index (χ1n) is 7.66. The molecular formula is C18H22N2O3S. The van der Waals surface area contributed by atoms with Crippen LogP contribution in [0.2, 0.25) is 0 Å². The lowest BCUT2D eigenvalue weighted by molar-refractivity contribution is -0.120. The molecule has 0 heterocycles. The van der Waals surface area contributed by atoms with Crippen LogP contribution in [0.4, 0.5) is 5.69 Å². The maximum Gasteiger partial charge on any atom is 0.241 e. The first-order chi connectivity index (χ1) is 11.3. The van der Waals surface area contributed by atoms with E-state index >= 15 is 0 Å². The molecule has 1 amide bonds. The van der Waals surface area contributed by atoms with E-state index in [4.69, 9.17) is 0 Å². The summed E-state index contributed by atoms with van der Waals surface area (Å²) in [6, 6.07) is 16.3. The molecule has 1 N–H and O–H groups in total. The molecule has 1 atom stereocenters. The zero-order valence-corrected chi connectivity index (χ0v) is 14.9. The van der Waals surface area contributed by atoms with Gasteiger partial charge in [-0.2, -0.15) is 0 Å². The monoisotopic (exact) mass is 346 g/mol. The Morgan fingerprint density at radius 3 is 2.21 bits per heavy atom. The number of carbonyl (C=O) groups excluding carboxylic acids is 1. The molecule has 6 heteroatoms. The molecular weight excluding hydrogens is 324 g/mol. The van der Waals surface area contributed by atoms with Crippen LogP contribution in [0.15, 0.2) is 54.6 Å². The summed E-state index contributed by atoms with van der Waals surface area (Å²) in [5.74, 6) is -0.350. The lowest BCUT2D eigenvalue weighted by atomic mass is 10.1. The molecule has 0 radical (unpaired) electrons. The number of aryl methyl sites for hydroxylation is 1. The van der Waals surface area contributed by atoms with Crippen LogP contribution in [0.25, 0.3) is 0 Å². The highest BCUT2D eigenvalue weighted by molar-refractivity contribution is 7.92. The van der Waals surface area contributed by atoms with Gasteiger partial charge in [0.15, 0.2) is 0 Å². The SMILES string of the molecule is Cc1ccc([C@H](C)NC(=O)CN(c2ccccc2)S(C)(=O)=O)cc1. The van der Waals surface area contributed by atoms with Gasteiger partial charge in [-0.25, -0.2) is 8.42 Å². The molecule has 0 saturated carbocycles. The van der Waals surface area contributed by atoms with Crippen LogP contribution in [-0.2, 0) is 14.8 Å². The summed E-state index contributed by atoms with van der Waals surface area (Å²) in [5, 5.41) is 2.84. The summed E-state index contributed by atoms with van der Waals surface area (Å²) < 4.78 is 25.1. The van der Waals surface area contributed by atoms with E-state index < -0.39 is 10.0 Å². The lowest BCUT2D eigenvalue weighted by Crippen LogP contribution is -2.41. The Morgan fingerprint density at radius 1 is 1.08 bits per heavy atom. The number of nitrogens with one attached hydrogen (secondary N) is 1. The van der Waals surface area contributed by atoms with Crippen molar-refractivity contribution >= 4 is 21.6 Å². The minimum absolute atomic E-state index is 0.199. The summed E-state index contributed by atoms with van der Waals surface area (Å²) in [6.45, 7) is 3.62. The minimum Gasteiger partial charge on any atom is -0.348 e. The number of hydrogen-bond donors (Lipinski definition) is 1. The molecule has 0 bridgehead atoms. The van der Waals surface area contributed by atoms with Crippen LogP contribution in [0.3, 0.4) is 0 Å². The maximum absolute atomic E-state index is 12.3. The van der Waals surface area contributed by atoms with E-state index in [2.05, 4.69) is 5.32 Å². The van der Waals surface area contributed by atoms with Crippen LogP contribution in [-0.4, -0.2) is 27.1 Å². The molecule has 0 aliphatic rings. The Balaban J connectivity index is 2.09. The van der Waals surface area contributed by atoms with E-state index in [9.17, 15) is 13.2 Å². The first-order valence-corrected chi connectivity index (χ1v) is 9.51. The van der Waals surface area contributed by atoms with E-state index in [0.717, 1.165) is 21.7 Å². The summed E-state index contributed by atoms with van der Waals surface area (Å²) in [7, 11) is -3.55. The average molecular weight is 346 g/mol. The third-order valence-electron chi connectivity index (χ3n) is 3.69. The first kappa shape index (κ1) is 18.0. The quantitative estimate of drug-likeness (QED) is 0.874. The van der Waals surface area contributed by atoms with E-state index in [1.165, 1.54) is 0 Å². The van der Waals surface area contributed by atoms with Gasteiger partial charge in [0.05, 0.1) is 18.0 Å². The van der Waals surface area contributed by atoms with Gasteiger partial charge in [-0.1, -0.05) is 48.0 Å². The Labute approximate surface area is 143 Å². The molecule has 0 fully saturated rings. The Kier molecular flexibility index (Phi) is 5.62. The number of nitrogens with zero attached hydrogens (tertiary/aromatic N) is 1. The van der Waals surface area contributed by atoms with Gasteiger partial charge in [0.2, 0.25) is 15.9 Å². The molecule has 2 rings (SSSR count). The van der Waals surface area contributed by atoms with Gasteiger partial charge in [0.25, 0.3) is 0 Å². The van der Waals surface area contributed by atoms with Crippen LogP contribution in [0.1, 0.15) is 24.1 Å². The second-order valence-electron chi connectivity index (χ2n) is 5.81. The highest BCUT2D eigenvalue weighted by Gasteiger charge is 2.21. The van der Waals surface area contributed by atoms with E-state index in [0.29, 0.717) is 5.69 Å². The Hall–Kier alpha value is -2.34. The molecule has 5 nitrogen and oxygen atoms in total. The van der Waals surface area contributed by atoms with Crippen molar-refractivity contribution in [1.82, 2.24) is 5.32 Å². The van der Waals surface area contributed by atoms with Crippen LogP contribution in [0, 0.1) is 6.92 Å². The summed E-state index contributed by atoms with van der Waals surface area (Å²) in [5.41, 5.74) is 2.59. The van der Waals surface area contributed by atoms with Gasteiger partial charge in [0, 0.05) is 0 Å². The molecule has 128 valence electrons. The second kappa shape index (κ2) is 7.49. The van der Waals surface area contributed by atoms with Crippen molar-refractivity contribution in [2.45, 2.75) is 19.9 Å². The van der Waals surface area contributed by atoms with Crippen molar-refractivity contribution in [3.63, 3.8) is 0 Å². The van der Waals surface area contributed by atoms with Gasteiger partial charge in [-0.15, -0.1) is 0 Å². The van der Waals surface area contributed by atoms with Crippen molar-refractivity contribution in [1.29, 1.82) is 0 Å². The third-order valence-corrected chi connectivity index (χ3v) is 4.83. The summed E-state index contributed by atoms with van der Waals surface area (Å²) in [4.78, 5) is 12.3. The van der Waals surface area contributed by atoms with Crippen molar-refractivity contribution in [2.24, 2.45) is 0 Å². The standard InChI is InChI=1S/C18H22N2O3S/c1-14-9-11-16(12-10-14)15(2)19-18(21)13-20(24(3,22)23)17-7-5-4-6-8-17/h4-12,15H,13H2,1-3H3,(H,19,21)/t15-/m0/s1. The zero-order chi connectivity index (χ0) is 17.7. The predicted octanol–water partition coefficient (Wildman–Crippen LogP) is 2.64. The number of hydrogen-bond acceptors (Lipinski definition) is 3. The molecule has 0 saturated heterocycles. The number of rotatable bonds is 6. The van der Waals surface area contributed by atoms with Crippen LogP contribution < -0.4 is 9.62 Å². The number of para-hydroxylation sites is 1. The smallest absolute Gasteiger partial charge is 0.241 e. The molecule has 2 aromatic rings. The minimum atomic E-state index is -3.55. The number of amides is 1. The van der Waals surface area contributed by atoms with Gasteiger partial charge in [-0.05, 0) is 31.5 Å². The highest BCUT2D eigenvalue weighted by atomic mass is 32.2. The average Bonchev–Trinajstić information content (AvgIpc) is 2.53. The fourth-order valence-corrected chi connectivity index (χ4v) is 3.21. The molecule has 0 unspecified atom stereocenters. The van der Waals surface area contributed by atoms with Gasteiger partial charge in [0.1, 0.15) is 6.54 Å². The zero-order valence-electron chi connectivity index (χ0n) is 14.1. The highest BCUT2D eigenvalue weighted by Crippen LogP contribution is 2.17. The largest absolute Gasteiger partial charge is 0.348 e. The molecule has 0 spiro atoms. The number of carbonyl (C=O) groups is 1. The van der Waals surface area contributed by atoms with Gasteiger partial charge < -0.3 is 5.32 Å². The maximum atomic E-state index is 12.3. The molecule has 0 aliphatic heterocycles. The fraction of sp³-hybridized carbons (Fsp3) is 0.278. The number of benzene rings is 2.